The second-order valence-corrected chi connectivity index (χ2v) is 11.3. The molecule has 0 radical (unpaired) electrons. The van der Waals surface area contributed by atoms with Gasteiger partial charge in [0.15, 0.2) is 23.3 Å². The minimum absolute atomic E-state index is 0.136. The van der Waals surface area contributed by atoms with E-state index in [-0.39, 0.29) is 19.1 Å². The molecule has 2 aromatic heterocycles. The molecule has 4 N–H and O–H groups in total. The zero-order valence-electron chi connectivity index (χ0n) is 16.1. The Hall–Kier alpha value is -1.47. The Morgan fingerprint density at radius 3 is 2.55 bits per heavy atom. The van der Waals surface area contributed by atoms with Crippen molar-refractivity contribution in [3.8, 4) is 5.88 Å². The lowest BCUT2D eigenvalue weighted by Crippen LogP contribution is -2.33. The first kappa shape index (κ1) is 22.7. The molecule has 2 aromatic rings. The average molecular weight is 480 g/mol. The van der Waals surface area contributed by atoms with E-state index in [2.05, 4.69) is 15.0 Å². The number of hydrogen-bond donors (Lipinski definition) is 4. The summed E-state index contributed by atoms with van der Waals surface area (Å²) in [5.41, 5.74) is 0.603. The number of nitrogens with zero attached hydrogens (tertiary/aromatic N) is 4. The van der Waals surface area contributed by atoms with Gasteiger partial charge in [-0.25, -0.2) is 9.97 Å². The van der Waals surface area contributed by atoms with Gasteiger partial charge in [-0.1, -0.05) is 0 Å². The second-order valence-electron chi connectivity index (χ2n) is 7.15. The molecule has 172 valence electrons. The van der Waals surface area contributed by atoms with Crippen LogP contribution in [0.4, 0.5) is 0 Å². The van der Waals surface area contributed by atoms with Crippen molar-refractivity contribution < 1.29 is 47.7 Å². The molecule has 2 aliphatic heterocycles. The van der Waals surface area contributed by atoms with Crippen LogP contribution in [0.2, 0.25) is 0 Å². The molecular formula is C15H22N4O10P2. The van der Waals surface area contributed by atoms with E-state index >= 15 is 0 Å². The summed E-state index contributed by atoms with van der Waals surface area (Å²) in [6.45, 7) is -0.551. The van der Waals surface area contributed by atoms with E-state index in [1.807, 2.05) is 0 Å². The Morgan fingerprint density at radius 1 is 1.00 bits per heavy atom. The van der Waals surface area contributed by atoms with Gasteiger partial charge in [-0.3, -0.25) is 13.7 Å². The highest BCUT2D eigenvalue weighted by Gasteiger charge is 2.46. The van der Waals surface area contributed by atoms with Crippen molar-refractivity contribution >= 4 is 26.4 Å². The number of fused-ring (bicyclic) bond motifs is 3. The van der Waals surface area contributed by atoms with Crippen LogP contribution in [0.25, 0.3) is 11.2 Å². The summed E-state index contributed by atoms with van der Waals surface area (Å²) in [4.78, 5) is 32.2. The van der Waals surface area contributed by atoms with Gasteiger partial charge in [0.1, 0.15) is 24.6 Å². The smallest absolute Gasteiger partial charge is 0.340 e. The molecule has 31 heavy (non-hydrogen) atoms. The summed E-state index contributed by atoms with van der Waals surface area (Å²) >= 11 is 0. The monoisotopic (exact) mass is 480 g/mol. The van der Waals surface area contributed by atoms with Crippen LogP contribution in [0.1, 0.15) is 19.1 Å². The van der Waals surface area contributed by atoms with Gasteiger partial charge in [-0.2, -0.15) is 4.98 Å². The van der Waals surface area contributed by atoms with Crippen molar-refractivity contribution in [2.24, 2.45) is 0 Å². The fourth-order valence-electron chi connectivity index (χ4n) is 3.30. The van der Waals surface area contributed by atoms with Crippen LogP contribution in [-0.2, 0) is 22.9 Å². The third-order valence-corrected chi connectivity index (χ3v) is 8.80. The maximum absolute atomic E-state index is 12.2. The zero-order chi connectivity index (χ0) is 22.2. The quantitative estimate of drug-likeness (QED) is 0.368. The third kappa shape index (κ3) is 4.98. The van der Waals surface area contributed by atoms with E-state index < -0.39 is 52.2 Å². The van der Waals surface area contributed by atoms with Gasteiger partial charge >= 0.3 is 15.2 Å². The molecule has 4 heterocycles. The first-order valence-corrected chi connectivity index (χ1v) is 12.9. The molecule has 4 unspecified atom stereocenters. The van der Waals surface area contributed by atoms with Crippen molar-refractivity contribution in [1.29, 1.82) is 0 Å². The molecule has 0 saturated carbocycles. The molecule has 0 amide bonds. The van der Waals surface area contributed by atoms with E-state index in [1.165, 1.54) is 17.2 Å². The Morgan fingerprint density at radius 2 is 1.74 bits per heavy atom. The number of imidazole rings is 1. The summed E-state index contributed by atoms with van der Waals surface area (Å²) in [6, 6.07) is 0. The summed E-state index contributed by atoms with van der Waals surface area (Å²) in [5, 5.41) is 20.8. The van der Waals surface area contributed by atoms with Crippen LogP contribution in [0, 0.1) is 0 Å². The Bertz CT molecular complexity index is 1030. The lowest BCUT2D eigenvalue weighted by Gasteiger charge is -2.20. The van der Waals surface area contributed by atoms with Gasteiger partial charge in [0, 0.05) is 0 Å². The zero-order valence-corrected chi connectivity index (χ0v) is 17.9. The summed E-state index contributed by atoms with van der Waals surface area (Å²) in [6.07, 6.45) is -1.85. The topological polar surface area (TPSA) is 196 Å². The summed E-state index contributed by atoms with van der Waals surface area (Å²) < 4.78 is 46.7. The molecule has 0 aromatic carbocycles. The molecule has 6 bridgehead atoms. The number of aliphatic hydroxyl groups excluding tert-OH is 2. The van der Waals surface area contributed by atoms with E-state index in [1.54, 1.807) is 0 Å². The van der Waals surface area contributed by atoms with Crippen LogP contribution in [0.15, 0.2) is 12.7 Å². The Labute approximate surface area is 175 Å². The fourth-order valence-corrected chi connectivity index (χ4v) is 6.55. The largest absolute Gasteiger partial charge is 0.476 e. The van der Waals surface area contributed by atoms with Gasteiger partial charge in [0.25, 0.3) is 0 Å². The lowest BCUT2D eigenvalue weighted by molar-refractivity contribution is -0.0484. The van der Waals surface area contributed by atoms with Gasteiger partial charge in [0.2, 0.25) is 5.88 Å². The molecule has 0 spiro atoms. The summed E-state index contributed by atoms with van der Waals surface area (Å²) in [7, 11) is -8.95. The first-order chi connectivity index (χ1) is 14.7. The van der Waals surface area contributed by atoms with Crippen LogP contribution >= 0.6 is 15.2 Å². The van der Waals surface area contributed by atoms with Gasteiger partial charge in [-0.05, 0) is 12.8 Å². The van der Waals surface area contributed by atoms with Gasteiger partial charge < -0.3 is 38.5 Å². The highest BCUT2D eigenvalue weighted by molar-refractivity contribution is 7.70. The minimum Gasteiger partial charge on any atom is -0.476 e. The maximum Gasteiger partial charge on any atom is 0.340 e. The highest BCUT2D eigenvalue weighted by Crippen LogP contribution is 2.58. The summed E-state index contributed by atoms with van der Waals surface area (Å²) in [5.74, 6) is -0.918. The van der Waals surface area contributed by atoms with Crippen LogP contribution in [0.5, 0.6) is 5.88 Å². The molecule has 0 aliphatic carbocycles. The second kappa shape index (κ2) is 8.81. The maximum atomic E-state index is 12.2. The molecular weight excluding hydrogens is 458 g/mol. The third-order valence-electron chi connectivity index (χ3n) is 4.80. The van der Waals surface area contributed by atoms with Gasteiger partial charge in [0.05, 0.1) is 26.1 Å². The average Bonchev–Trinajstić information content (AvgIpc) is 3.24. The molecule has 4 rings (SSSR count). The van der Waals surface area contributed by atoms with Crippen molar-refractivity contribution in [1.82, 2.24) is 19.5 Å². The van der Waals surface area contributed by atoms with Crippen molar-refractivity contribution in [2.45, 2.75) is 37.4 Å². The minimum atomic E-state index is -4.55. The number of hydrogen-bond acceptors (Lipinski definition) is 11. The Balaban J connectivity index is 1.64. The molecule has 1 saturated heterocycles. The normalized spacial score (nSPS) is 37.9. The molecule has 14 nitrogen and oxygen atoms in total. The number of aliphatic hydroxyl groups is 2. The number of aromatic nitrogens is 4. The molecule has 1 fully saturated rings. The number of ether oxygens (including phenoxy) is 2. The van der Waals surface area contributed by atoms with E-state index in [0.717, 1.165) is 0 Å². The van der Waals surface area contributed by atoms with E-state index in [0.29, 0.717) is 24.0 Å². The van der Waals surface area contributed by atoms with E-state index in [4.69, 9.17) is 18.5 Å². The molecule has 2 aliphatic rings. The SMILES string of the molecule is O=P1(O)CP(=O)(O)OC[C@@H]2O[C@@H](C(O)C2O)n2cnc3c(ncnc32)OCCCCO1. The highest BCUT2D eigenvalue weighted by atomic mass is 31.2. The van der Waals surface area contributed by atoms with Crippen molar-refractivity contribution in [3.05, 3.63) is 12.7 Å². The predicted molar refractivity (Wildman–Crippen MR) is 102 cm³/mol. The van der Waals surface area contributed by atoms with Gasteiger partial charge in [-0.15, -0.1) is 0 Å². The van der Waals surface area contributed by atoms with Crippen LogP contribution in [-0.4, -0.2) is 83.6 Å². The standard InChI is InChI=1S/C15H22N4O10P2/c20-11-9-5-28-31(24,25)8-30(22,23)27-4-2-1-3-26-14-10-13(16-6-17-14)19(7-18-10)15(29-9)12(11)21/h6-7,9,11-12,15,20-21H,1-5,8H2,(H,22,23)(H,24,25)/t9-,11?,12?,15-/m0/s1. The van der Waals surface area contributed by atoms with E-state index in [9.17, 15) is 29.1 Å². The molecule has 6 atom stereocenters. The van der Waals surface area contributed by atoms with Crippen molar-refractivity contribution in [2.75, 3.05) is 25.7 Å². The van der Waals surface area contributed by atoms with Crippen LogP contribution < -0.4 is 4.74 Å². The first-order valence-electron chi connectivity index (χ1n) is 9.41. The number of rotatable bonds is 0. The van der Waals surface area contributed by atoms with Crippen LogP contribution in [0.3, 0.4) is 0 Å². The fraction of sp³-hybridized carbons (Fsp3) is 0.667. The van der Waals surface area contributed by atoms with Crippen molar-refractivity contribution in [3.63, 3.8) is 0 Å². The predicted octanol–water partition coefficient (Wildman–Crippen LogP) is -0.0204. The molecule has 16 heteroatoms. The lowest BCUT2D eigenvalue weighted by atomic mass is 10.1. The Kier molecular flexibility index (Phi) is 6.46.